The predicted octanol–water partition coefficient (Wildman–Crippen LogP) is 4.80. The number of hydrogen-bond donors (Lipinski definition) is 0. The number of fused-ring (bicyclic) bond motifs is 1. The second-order valence-corrected chi connectivity index (χ2v) is 11.0. The van der Waals surface area contributed by atoms with Gasteiger partial charge in [0.1, 0.15) is 5.82 Å². The van der Waals surface area contributed by atoms with Crippen molar-refractivity contribution in [1.29, 1.82) is 0 Å². The summed E-state index contributed by atoms with van der Waals surface area (Å²) in [6.07, 6.45) is 5.67. The molecule has 0 N–H and O–H groups in total. The van der Waals surface area contributed by atoms with Gasteiger partial charge in [-0.25, -0.2) is 12.8 Å². The maximum absolute atomic E-state index is 13.7. The van der Waals surface area contributed by atoms with Crippen molar-refractivity contribution >= 4 is 44.0 Å². The fourth-order valence-corrected chi connectivity index (χ4v) is 6.12. The Morgan fingerprint density at radius 1 is 1.24 bits per heavy atom. The molecule has 1 aliphatic heterocycles. The minimum absolute atomic E-state index is 0.196. The molecule has 0 aliphatic carbocycles. The van der Waals surface area contributed by atoms with Gasteiger partial charge >= 0.3 is 0 Å². The average molecular weight is 451 g/mol. The van der Waals surface area contributed by atoms with E-state index in [1.807, 2.05) is 12.1 Å². The summed E-state index contributed by atoms with van der Waals surface area (Å²) in [6, 6.07) is 9.86. The lowest BCUT2D eigenvalue weighted by atomic mass is 10.2. The smallest absolute Gasteiger partial charge is 0.175 e. The standard InChI is InChI=1S/C21H20ClFN2O2S2/c1-29(26,27)21-3-2-17(23)8-16(21)12-25-7-5-18(13-25)28-20-10-14-4-6-24-11-15(14)9-19(20)22/h2-4,6,8-11,18H,5,7,12-13H2,1H3/t18-/m0/s1. The first-order valence-electron chi connectivity index (χ1n) is 9.20. The molecular formula is C21H20ClFN2O2S2. The van der Waals surface area contributed by atoms with Gasteiger partial charge in [0.05, 0.1) is 9.92 Å². The van der Waals surface area contributed by atoms with Crippen molar-refractivity contribution < 1.29 is 12.8 Å². The molecular weight excluding hydrogens is 431 g/mol. The fraction of sp³-hybridized carbons (Fsp3) is 0.286. The summed E-state index contributed by atoms with van der Waals surface area (Å²) in [5.74, 6) is -0.421. The molecule has 4 rings (SSSR count). The molecule has 152 valence electrons. The van der Waals surface area contributed by atoms with E-state index in [1.165, 1.54) is 18.2 Å². The van der Waals surface area contributed by atoms with E-state index in [2.05, 4.69) is 16.0 Å². The van der Waals surface area contributed by atoms with Crippen LogP contribution in [0.3, 0.4) is 0 Å². The van der Waals surface area contributed by atoms with Crippen LogP contribution in [0.2, 0.25) is 5.02 Å². The van der Waals surface area contributed by atoms with Gasteiger partial charge in [0.15, 0.2) is 9.84 Å². The number of rotatable bonds is 5. The summed E-state index contributed by atoms with van der Waals surface area (Å²) >= 11 is 8.20. The molecule has 4 nitrogen and oxygen atoms in total. The van der Waals surface area contributed by atoms with Crippen LogP contribution in [0.25, 0.3) is 10.8 Å². The van der Waals surface area contributed by atoms with E-state index in [4.69, 9.17) is 11.6 Å². The Hall–Kier alpha value is -1.67. The highest BCUT2D eigenvalue weighted by Gasteiger charge is 2.26. The quantitative estimate of drug-likeness (QED) is 0.523. The molecule has 1 saturated heterocycles. The molecule has 0 bridgehead atoms. The Kier molecular flexibility index (Phi) is 5.84. The summed E-state index contributed by atoms with van der Waals surface area (Å²) in [5, 5.41) is 3.15. The Balaban J connectivity index is 1.48. The van der Waals surface area contributed by atoms with Crippen LogP contribution in [0.4, 0.5) is 4.39 Å². The van der Waals surface area contributed by atoms with Crippen molar-refractivity contribution in [2.75, 3.05) is 19.3 Å². The number of likely N-dealkylation sites (tertiary alicyclic amines) is 1. The van der Waals surface area contributed by atoms with E-state index in [0.717, 1.165) is 41.4 Å². The lowest BCUT2D eigenvalue weighted by Crippen LogP contribution is -2.22. The monoisotopic (exact) mass is 450 g/mol. The number of pyridine rings is 1. The summed E-state index contributed by atoms with van der Waals surface area (Å²) in [4.78, 5) is 7.52. The topological polar surface area (TPSA) is 50.3 Å². The van der Waals surface area contributed by atoms with E-state index in [-0.39, 0.29) is 4.90 Å². The summed E-state index contributed by atoms with van der Waals surface area (Å²) in [5.41, 5.74) is 0.509. The Labute approximate surface area is 179 Å². The van der Waals surface area contributed by atoms with Gasteiger partial charge < -0.3 is 0 Å². The number of halogens is 2. The second kappa shape index (κ2) is 8.22. The number of hydrogen-bond acceptors (Lipinski definition) is 5. The molecule has 0 saturated carbocycles. The molecule has 3 aromatic rings. The third-order valence-corrected chi connectivity index (χ3v) is 7.96. The van der Waals surface area contributed by atoms with Crippen LogP contribution in [0.15, 0.2) is 58.6 Å². The van der Waals surface area contributed by atoms with Crippen molar-refractivity contribution in [3.8, 4) is 0 Å². The van der Waals surface area contributed by atoms with Crippen molar-refractivity contribution in [3.05, 3.63) is 65.2 Å². The van der Waals surface area contributed by atoms with Crippen LogP contribution in [-0.4, -0.2) is 42.9 Å². The van der Waals surface area contributed by atoms with E-state index in [9.17, 15) is 12.8 Å². The first-order valence-corrected chi connectivity index (χ1v) is 12.4. The summed E-state index contributed by atoms with van der Waals surface area (Å²) < 4.78 is 37.8. The first-order chi connectivity index (χ1) is 13.8. The number of nitrogens with zero attached hydrogens (tertiary/aromatic N) is 2. The Morgan fingerprint density at radius 2 is 2.07 bits per heavy atom. The molecule has 2 heterocycles. The maximum Gasteiger partial charge on any atom is 0.175 e. The lowest BCUT2D eigenvalue weighted by Gasteiger charge is -2.18. The molecule has 0 spiro atoms. The number of sulfone groups is 1. The largest absolute Gasteiger partial charge is 0.298 e. The van der Waals surface area contributed by atoms with E-state index in [0.29, 0.717) is 22.4 Å². The maximum atomic E-state index is 13.7. The number of aromatic nitrogens is 1. The minimum atomic E-state index is -3.40. The van der Waals surface area contributed by atoms with E-state index < -0.39 is 15.7 Å². The Morgan fingerprint density at radius 3 is 2.86 bits per heavy atom. The molecule has 2 aromatic carbocycles. The lowest BCUT2D eigenvalue weighted by molar-refractivity contribution is 0.329. The zero-order chi connectivity index (χ0) is 20.6. The van der Waals surface area contributed by atoms with Crippen molar-refractivity contribution in [2.24, 2.45) is 0 Å². The zero-order valence-electron chi connectivity index (χ0n) is 15.8. The van der Waals surface area contributed by atoms with Crippen LogP contribution in [0.1, 0.15) is 12.0 Å². The fourth-order valence-electron chi connectivity index (χ4n) is 3.67. The van der Waals surface area contributed by atoms with Gasteiger partial charge in [0, 0.05) is 47.3 Å². The highest BCUT2D eigenvalue weighted by molar-refractivity contribution is 8.00. The first kappa shape index (κ1) is 20.6. The molecule has 1 fully saturated rings. The minimum Gasteiger partial charge on any atom is -0.298 e. The van der Waals surface area contributed by atoms with Gasteiger partial charge in [-0.3, -0.25) is 9.88 Å². The highest BCUT2D eigenvalue weighted by atomic mass is 35.5. The van der Waals surface area contributed by atoms with Crippen molar-refractivity contribution in [3.63, 3.8) is 0 Å². The normalized spacial score (nSPS) is 17.8. The van der Waals surface area contributed by atoms with Gasteiger partial charge in [-0.15, -0.1) is 11.8 Å². The van der Waals surface area contributed by atoms with Gasteiger partial charge in [0.2, 0.25) is 0 Å². The molecule has 0 unspecified atom stereocenters. The Bertz CT molecular complexity index is 1170. The van der Waals surface area contributed by atoms with Gasteiger partial charge in [-0.05, 0) is 60.3 Å². The van der Waals surface area contributed by atoms with Crippen LogP contribution in [0.5, 0.6) is 0 Å². The molecule has 0 amide bonds. The summed E-state index contributed by atoms with van der Waals surface area (Å²) in [7, 11) is -3.40. The van der Waals surface area contributed by atoms with Crippen LogP contribution >= 0.6 is 23.4 Å². The summed E-state index contributed by atoms with van der Waals surface area (Å²) in [6.45, 7) is 2.02. The predicted molar refractivity (Wildman–Crippen MR) is 116 cm³/mol. The molecule has 8 heteroatoms. The molecule has 0 radical (unpaired) electrons. The van der Waals surface area contributed by atoms with E-state index >= 15 is 0 Å². The molecule has 1 aromatic heterocycles. The van der Waals surface area contributed by atoms with Gasteiger partial charge in [-0.1, -0.05) is 11.6 Å². The van der Waals surface area contributed by atoms with Crippen LogP contribution in [-0.2, 0) is 16.4 Å². The number of benzene rings is 2. The van der Waals surface area contributed by atoms with Gasteiger partial charge in [-0.2, -0.15) is 0 Å². The molecule has 1 aliphatic rings. The average Bonchev–Trinajstić information content (AvgIpc) is 3.08. The number of thioether (sulfide) groups is 1. The van der Waals surface area contributed by atoms with E-state index in [1.54, 1.807) is 24.2 Å². The second-order valence-electron chi connectivity index (χ2n) is 7.29. The molecule has 29 heavy (non-hydrogen) atoms. The third kappa shape index (κ3) is 4.74. The van der Waals surface area contributed by atoms with Crippen LogP contribution < -0.4 is 0 Å². The third-order valence-electron chi connectivity index (χ3n) is 5.03. The molecule has 1 atom stereocenters. The zero-order valence-corrected chi connectivity index (χ0v) is 18.2. The van der Waals surface area contributed by atoms with Crippen molar-refractivity contribution in [2.45, 2.75) is 28.0 Å². The van der Waals surface area contributed by atoms with Crippen molar-refractivity contribution in [1.82, 2.24) is 9.88 Å². The SMILES string of the molecule is CS(=O)(=O)c1ccc(F)cc1CN1CC[C@H](Sc2cc3ccncc3cc2Cl)C1. The van der Waals surface area contributed by atoms with Gasteiger partial charge in [0.25, 0.3) is 0 Å². The highest BCUT2D eigenvalue weighted by Crippen LogP contribution is 2.37. The van der Waals surface area contributed by atoms with Crippen LogP contribution in [0, 0.1) is 5.82 Å².